The molecule has 29 nitrogen and oxygen atoms in total. The van der Waals surface area contributed by atoms with Gasteiger partial charge in [0.1, 0.15) is 65.9 Å². The third-order valence-electron chi connectivity index (χ3n) is 12.9. The maximum atomic E-state index is 14.3. The molecular weight excluding hydrogens is 1150 g/mol. The molecule has 458 valence electrons. The lowest BCUT2D eigenvalue weighted by atomic mass is 10.0. The number of aromatic hydroxyl groups is 2. The second-order valence-corrected chi connectivity index (χ2v) is 21.2. The van der Waals surface area contributed by atoms with Gasteiger partial charge < -0.3 is 90.2 Å². The van der Waals surface area contributed by atoms with E-state index in [4.69, 9.17) is 17.2 Å². The van der Waals surface area contributed by atoms with Crippen LogP contribution in [-0.4, -0.2) is 204 Å². The number of aliphatic hydroxyl groups excluding tert-OH is 2. The van der Waals surface area contributed by atoms with Crippen LogP contribution in [0.5, 0.6) is 11.5 Å². The number of nitrogens with two attached hydrogens (primary N) is 3. The van der Waals surface area contributed by atoms with E-state index >= 15 is 0 Å². The number of primary amides is 2. The molecule has 1 aliphatic rings. The average molecular weight is 1220 g/mol. The zero-order chi connectivity index (χ0) is 62.2. The van der Waals surface area contributed by atoms with Crippen LogP contribution in [0.15, 0.2) is 48.5 Å². The van der Waals surface area contributed by atoms with Crippen LogP contribution >= 0.6 is 37.0 Å². The highest BCUT2D eigenvalue weighted by Crippen LogP contribution is 2.21. The summed E-state index contributed by atoms with van der Waals surface area (Å²) in [6.07, 6.45) is -3.84. The van der Waals surface area contributed by atoms with Crippen LogP contribution in [0, 0.1) is 0 Å². The number of phenolic OH excluding ortho intramolecular Hbond substituents is 2. The van der Waals surface area contributed by atoms with Crippen molar-refractivity contribution >= 4 is 108 Å². The molecule has 2 aromatic rings. The van der Waals surface area contributed by atoms with Crippen molar-refractivity contribution in [1.82, 2.24) is 47.4 Å². The predicted molar refractivity (Wildman–Crippen MR) is 306 cm³/mol. The largest absolute Gasteiger partial charge is 0.508 e. The Labute approximate surface area is 492 Å². The summed E-state index contributed by atoms with van der Waals surface area (Å²) in [6.45, 7) is 2.06. The number of amides is 11. The molecule has 83 heavy (non-hydrogen) atoms. The maximum Gasteiger partial charge on any atom is 0.327 e. The molecule has 0 spiro atoms. The Morgan fingerprint density at radius 3 is 1.49 bits per heavy atom. The molecule has 0 saturated carbocycles. The van der Waals surface area contributed by atoms with Crippen LogP contribution < -0.4 is 59.7 Å². The summed E-state index contributed by atoms with van der Waals surface area (Å²) in [5.74, 6) is -12.9. The van der Waals surface area contributed by atoms with Crippen molar-refractivity contribution in [2.24, 2.45) is 17.2 Å². The van der Waals surface area contributed by atoms with Crippen LogP contribution in [-0.2, 0) is 70.4 Å². The number of rotatable bonds is 34. The summed E-state index contributed by atoms with van der Waals surface area (Å²) in [7, 11) is 0. The van der Waals surface area contributed by atoms with Crippen molar-refractivity contribution in [3.63, 3.8) is 0 Å². The lowest BCUT2D eigenvalue weighted by Gasteiger charge is -2.32. The van der Waals surface area contributed by atoms with E-state index in [0.717, 1.165) is 18.7 Å². The van der Waals surface area contributed by atoms with Crippen LogP contribution in [0.1, 0.15) is 63.5 Å². The van der Waals surface area contributed by atoms with Crippen molar-refractivity contribution in [3.05, 3.63) is 59.7 Å². The fraction of sp³-hybridized carbons (Fsp3) is 0.529. The van der Waals surface area contributed by atoms with Crippen LogP contribution in [0.2, 0.25) is 0 Å². The van der Waals surface area contributed by atoms with Gasteiger partial charge in [0.05, 0.1) is 24.7 Å². The molecular formula is C51H74N12O17S3. The van der Waals surface area contributed by atoms with Gasteiger partial charge in [-0.25, -0.2) is 4.79 Å². The SMILES string of the molecule is CSCC[C@H](NC(=O)[C@@H](N)CS)C(=O)N[C@@H](CCC(N)=O)C(=O)N[C@@H](Cc1ccc(O)cc1)C(=O)N[C@H](C(=O)N[C@H](C(=O)N1CCC[C@H]1C(=O)N[C@@H](CC(N)=O)C(=O)N[C@@H](Cc1ccc(O)cc1)C(=O)N[C@@H](CS)C(=O)O)[C@@H](C)O)[C@@H](C)O. The molecule has 0 unspecified atom stereocenters. The molecule has 0 aliphatic carbocycles. The summed E-state index contributed by atoms with van der Waals surface area (Å²) in [6, 6.07) is -4.80. The summed E-state index contributed by atoms with van der Waals surface area (Å²) < 4.78 is 0. The molecule has 0 radical (unpaired) electrons. The molecule has 2 aromatic carbocycles. The lowest BCUT2D eigenvalue weighted by Crippen LogP contribution is -2.63. The first-order valence-corrected chi connectivity index (χ1v) is 28.7. The van der Waals surface area contributed by atoms with Gasteiger partial charge >= 0.3 is 5.97 Å². The Bertz CT molecular complexity index is 2620. The summed E-state index contributed by atoms with van der Waals surface area (Å²) >= 11 is 9.32. The van der Waals surface area contributed by atoms with Gasteiger partial charge in [0.15, 0.2) is 0 Å². The average Bonchev–Trinajstić information content (AvgIpc) is 4.23. The summed E-state index contributed by atoms with van der Waals surface area (Å²) in [4.78, 5) is 161. The minimum atomic E-state index is -1.94. The molecule has 1 aliphatic heterocycles. The van der Waals surface area contributed by atoms with Crippen molar-refractivity contribution in [3.8, 4) is 11.5 Å². The number of carboxylic acids is 1. The van der Waals surface area contributed by atoms with E-state index in [0.29, 0.717) is 16.9 Å². The number of aliphatic carboxylic acids is 1. The van der Waals surface area contributed by atoms with Gasteiger partial charge in [-0.1, -0.05) is 24.3 Å². The van der Waals surface area contributed by atoms with Crippen molar-refractivity contribution < 1.29 is 83.1 Å². The number of benzene rings is 2. The highest BCUT2D eigenvalue weighted by Gasteiger charge is 2.42. The number of thioether (sulfide) groups is 1. The molecule has 0 bridgehead atoms. The van der Waals surface area contributed by atoms with Gasteiger partial charge in [-0.2, -0.15) is 37.0 Å². The first-order valence-electron chi connectivity index (χ1n) is 26.0. The van der Waals surface area contributed by atoms with E-state index < -0.39 is 163 Å². The number of hydrogen-bond donors (Lipinski definition) is 18. The van der Waals surface area contributed by atoms with Crippen LogP contribution in [0.3, 0.4) is 0 Å². The standard InChI is InChI=1S/C51H74N12O17S3/c1-24(64)40(61-47(75)34(20-27-8-12-29(67)13-9-27)57-43(71)31(14-15-38(53)68)56-44(72)32(16-18-83-3)55-42(70)30(52)22-81)49(77)62-41(25(2)65)50(78)63-17-4-5-37(63)48(76)59-35(21-39(54)69)46(74)58-33(19-26-6-10-28(66)11-7-26)45(73)60-36(23-82)51(79)80/h6-13,24-25,30-37,40-41,64-67,81-82H,4-5,14-23,52H2,1-3H3,(H2,53,68)(H2,54,69)(H,55,70)(H,56,72)(H,57,71)(H,58,74)(H,59,76)(H,60,73)(H,61,75)(H,62,77)(H,79,80)/t24-,25-,30+,31+,32+,33+,34+,35+,36+,37+,40+,41+/m1/s1. The second kappa shape index (κ2) is 34.3. The third-order valence-corrected chi connectivity index (χ3v) is 14.3. The van der Waals surface area contributed by atoms with E-state index in [1.165, 1.54) is 60.3 Å². The van der Waals surface area contributed by atoms with Crippen molar-refractivity contribution in [1.29, 1.82) is 0 Å². The Balaban J connectivity index is 1.89. The second-order valence-electron chi connectivity index (χ2n) is 19.5. The number of phenols is 2. The van der Waals surface area contributed by atoms with E-state index in [1.54, 1.807) is 6.26 Å². The molecule has 1 saturated heterocycles. The number of carbonyl (C=O) groups excluding carboxylic acids is 11. The fourth-order valence-corrected chi connectivity index (χ4v) is 9.19. The number of thiol groups is 2. The first-order chi connectivity index (χ1) is 39.1. The molecule has 19 N–H and O–H groups in total. The Morgan fingerprint density at radius 1 is 0.590 bits per heavy atom. The monoisotopic (exact) mass is 1220 g/mol. The van der Waals surface area contributed by atoms with Gasteiger partial charge in [-0.15, -0.1) is 0 Å². The quantitative estimate of drug-likeness (QED) is 0.0291. The van der Waals surface area contributed by atoms with E-state index in [1.807, 2.05) is 0 Å². The number of aliphatic hydroxyl groups is 2. The highest BCUT2D eigenvalue weighted by atomic mass is 32.2. The van der Waals surface area contributed by atoms with E-state index in [2.05, 4.69) is 67.8 Å². The molecule has 0 aromatic heterocycles. The van der Waals surface area contributed by atoms with Gasteiger partial charge in [-0.3, -0.25) is 52.7 Å². The first kappa shape index (κ1) is 69.9. The minimum absolute atomic E-state index is 0.0526. The Hall–Kier alpha value is -7.39. The number of carboxylic acid groups (broad SMARTS) is 1. The lowest BCUT2D eigenvalue weighted by molar-refractivity contribution is -0.145. The number of nitrogens with zero attached hydrogens (tertiary/aromatic N) is 1. The topological polar surface area (TPSA) is 484 Å². The predicted octanol–water partition coefficient (Wildman–Crippen LogP) is -5.32. The number of hydrogen-bond acceptors (Lipinski definition) is 20. The molecule has 12 atom stereocenters. The van der Waals surface area contributed by atoms with Gasteiger partial charge in [0.25, 0.3) is 0 Å². The number of likely N-dealkylation sites (tertiary alicyclic amines) is 1. The zero-order valence-corrected chi connectivity index (χ0v) is 48.3. The number of nitrogens with one attached hydrogen (secondary N) is 8. The normalized spacial score (nSPS) is 16.9. The van der Waals surface area contributed by atoms with Gasteiger partial charge in [-0.05, 0) is 86.9 Å². The molecule has 1 heterocycles. The third kappa shape index (κ3) is 22.7. The molecule has 3 rings (SSSR count). The van der Waals surface area contributed by atoms with E-state index in [-0.39, 0.29) is 61.7 Å². The van der Waals surface area contributed by atoms with Crippen molar-refractivity contribution in [2.75, 3.05) is 30.1 Å². The van der Waals surface area contributed by atoms with Crippen LogP contribution in [0.25, 0.3) is 0 Å². The molecule has 1 fully saturated rings. The maximum absolute atomic E-state index is 14.3. The van der Waals surface area contributed by atoms with Gasteiger partial charge in [0.2, 0.25) is 65.0 Å². The summed E-state index contributed by atoms with van der Waals surface area (Å²) in [5.41, 5.74) is 17.4. The smallest absolute Gasteiger partial charge is 0.327 e. The van der Waals surface area contributed by atoms with Crippen LogP contribution in [0.4, 0.5) is 0 Å². The molecule has 32 heteroatoms. The molecule has 11 amide bonds. The minimum Gasteiger partial charge on any atom is -0.508 e. The van der Waals surface area contributed by atoms with E-state index in [9.17, 15) is 83.1 Å². The number of carbonyl (C=O) groups is 12. The fourth-order valence-electron chi connectivity index (χ4n) is 8.30. The van der Waals surface area contributed by atoms with Gasteiger partial charge in [0, 0.05) is 37.3 Å². The Morgan fingerprint density at radius 2 is 1.04 bits per heavy atom. The highest BCUT2D eigenvalue weighted by molar-refractivity contribution is 7.98. The Kier molecular flexibility index (Phi) is 28.9. The summed E-state index contributed by atoms with van der Waals surface area (Å²) in [5, 5.41) is 70.3. The zero-order valence-electron chi connectivity index (χ0n) is 45.6. The van der Waals surface area contributed by atoms with Crippen molar-refractivity contribution in [2.45, 2.75) is 138 Å².